The van der Waals surface area contributed by atoms with Gasteiger partial charge in [-0.15, -0.1) is 0 Å². The van der Waals surface area contributed by atoms with Gasteiger partial charge in [0.2, 0.25) is 0 Å². The Kier molecular flexibility index (Phi) is 5.30. The van der Waals surface area contributed by atoms with Crippen LogP contribution in [0.1, 0.15) is 84.6 Å². The van der Waals surface area contributed by atoms with Crippen LogP contribution in [0.3, 0.4) is 0 Å². The van der Waals surface area contributed by atoms with E-state index in [1.807, 2.05) is 6.92 Å². The third kappa shape index (κ3) is 3.44. The topological polar surface area (TPSA) is 82.1 Å². The number of aliphatic hydroxyl groups is 2. The summed E-state index contributed by atoms with van der Waals surface area (Å²) in [5.74, 6) is 4.41. The van der Waals surface area contributed by atoms with Crippen LogP contribution in [0.5, 0.6) is 0 Å². The van der Waals surface area contributed by atoms with Crippen LogP contribution >= 0.6 is 0 Å². The van der Waals surface area contributed by atoms with E-state index in [0.717, 1.165) is 30.6 Å². The van der Waals surface area contributed by atoms with Gasteiger partial charge in [-0.1, -0.05) is 13.8 Å². The molecule has 5 heteroatoms. The quantitative estimate of drug-likeness (QED) is 0.711. The second kappa shape index (κ2) is 7.57. The molecule has 5 nitrogen and oxygen atoms in total. The van der Waals surface area contributed by atoms with Gasteiger partial charge in [-0.25, -0.2) is 0 Å². The molecule has 32 heavy (non-hydrogen) atoms. The summed E-state index contributed by atoms with van der Waals surface area (Å²) in [6.45, 7) is 9.22. The highest BCUT2D eigenvalue weighted by molar-refractivity contribution is 5.21. The van der Waals surface area contributed by atoms with Crippen molar-refractivity contribution in [3.8, 4) is 6.07 Å². The normalized spacial score (nSPS) is 47.6. The van der Waals surface area contributed by atoms with Crippen molar-refractivity contribution in [2.24, 2.45) is 46.8 Å². The smallest absolute Gasteiger partial charge is 0.102 e. The van der Waals surface area contributed by atoms with Crippen molar-refractivity contribution in [3.63, 3.8) is 0 Å². The molecule has 176 valence electrons. The number of fused-ring (bicyclic) bond motifs is 5. The molecule has 4 saturated carbocycles. The van der Waals surface area contributed by atoms with Crippen LogP contribution < -0.4 is 0 Å². The van der Waals surface area contributed by atoms with Crippen LogP contribution in [0, 0.1) is 58.2 Å². The average Bonchev–Trinajstić information content (AvgIpc) is 3.32. The van der Waals surface area contributed by atoms with Crippen LogP contribution in [-0.4, -0.2) is 31.2 Å². The minimum Gasteiger partial charge on any atom is -0.390 e. The maximum atomic E-state index is 11.7. The second-order valence-electron chi connectivity index (χ2n) is 12.7. The van der Waals surface area contributed by atoms with E-state index < -0.39 is 11.2 Å². The van der Waals surface area contributed by atoms with Crippen LogP contribution in [0.2, 0.25) is 0 Å². The lowest BCUT2D eigenvalue weighted by molar-refractivity contribution is -0.138. The third-order valence-electron chi connectivity index (χ3n) is 10.9. The summed E-state index contributed by atoms with van der Waals surface area (Å²) in [5, 5.41) is 36.0. The lowest BCUT2D eigenvalue weighted by Gasteiger charge is -2.58. The Bertz CT molecular complexity index is 899. The van der Waals surface area contributed by atoms with E-state index in [-0.39, 0.29) is 11.3 Å². The molecule has 4 aliphatic carbocycles. The molecule has 2 N–H and O–H groups in total. The molecule has 0 amide bonds. The summed E-state index contributed by atoms with van der Waals surface area (Å²) < 4.78 is 1.75. The van der Waals surface area contributed by atoms with Gasteiger partial charge in [0.1, 0.15) is 6.07 Å². The molecule has 0 saturated heterocycles. The monoisotopic (exact) mass is 439 g/mol. The first kappa shape index (κ1) is 22.4. The molecule has 1 aromatic heterocycles. The molecular weight excluding hydrogens is 398 g/mol. The molecule has 10 atom stereocenters. The molecule has 4 fully saturated rings. The number of hydrogen-bond donors (Lipinski definition) is 2. The highest BCUT2D eigenvalue weighted by Crippen LogP contribution is 2.66. The Morgan fingerprint density at radius 2 is 1.97 bits per heavy atom. The molecule has 5 rings (SSSR count). The molecule has 0 radical (unpaired) electrons. The van der Waals surface area contributed by atoms with E-state index in [0.29, 0.717) is 29.9 Å². The van der Waals surface area contributed by atoms with Crippen molar-refractivity contribution < 1.29 is 10.2 Å². The summed E-state index contributed by atoms with van der Waals surface area (Å²) in [4.78, 5) is 0. The van der Waals surface area contributed by atoms with Crippen LogP contribution in [0.4, 0.5) is 0 Å². The first-order valence-corrected chi connectivity index (χ1v) is 12.9. The molecule has 0 bridgehead atoms. The lowest BCUT2D eigenvalue weighted by Crippen LogP contribution is -2.54. The van der Waals surface area contributed by atoms with Crippen LogP contribution in [-0.2, 0) is 6.54 Å². The second-order valence-corrected chi connectivity index (χ2v) is 12.7. The maximum Gasteiger partial charge on any atom is 0.102 e. The van der Waals surface area contributed by atoms with E-state index in [9.17, 15) is 10.2 Å². The van der Waals surface area contributed by atoms with Gasteiger partial charge in [0, 0.05) is 6.20 Å². The Hall–Kier alpha value is -1.38. The minimum absolute atomic E-state index is 0.175. The Morgan fingerprint density at radius 1 is 1.19 bits per heavy atom. The van der Waals surface area contributed by atoms with Crippen molar-refractivity contribution in [3.05, 3.63) is 18.0 Å². The number of rotatable bonds is 3. The van der Waals surface area contributed by atoms with Crippen molar-refractivity contribution in [1.29, 1.82) is 5.26 Å². The molecule has 1 aromatic rings. The molecule has 1 heterocycles. The van der Waals surface area contributed by atoms with E-state index in [2.05, 4.69) is 31.9 Å². The lowest BCUT2D eigenvalue weighted by atomic mass is 9.47. The third-order valence-corrected chi connectivity index (χ3v) is 10.9. The van der Waals surface area contributed by atoms with E-state index in [1.54, 1.807) is 17.1 Å². The van der Waals surface area contributed by atoms with Gasteiger partial charge in [-0.3, -0.25) is 4.68 Å². The van der Waals surface area contributed by atoms with Gasteiger partial charge in [0.25, 0.3) is 0 Å². The summed E-state index contributed by atoms with van der Waals surface area (Å²) in [6, 6.07) is 2.14. The highest BCUT2D eigenvalue weighted by atomic mass is 16.3. The maximum absolute atomic E-state index is 11.7. The van der Waals surface area contributed by atoms with Crippen LogP contribution in [0.25, 0.3) is 0 Å². The number of nitrogens with zero attached hydrogens (tertiary/aromatic N) is 3. The molecular formula is C27H41N3O2. The Labute approximate surface area is 193 Å². The summed E-state index contributed by atoms with van der Waals surface area (Å²) >= 11 is 0. The highest BCUT2D eigenvalue weighted by Gasteiger charge is 2.61. The van der Waals surface area contributed by atoms with Crippen LogP contribution in [0.15, 0.2) is 12.4 Å². The molecule has 0 aliphatic heterocycles. The molecule has 4 aliphatic rings. The first-order chi connectivity index (χ1) is 15.0. The predicted molar refractivity (Wildman–Crippen MR) is 123 cm³/mol. The van der Waals surface area contributed by atoms with E-state index in [4.69, 9.17) is 5.26 Å². The fraction of sp³-hybridized carbons (Fsp3) is 0.852. The molecule has 1 unspecified atom stereocenters. The number of hydrogen-bond acceptors (Lipinski definition) is 4. The summed E-state index contributed by atoms with van der Waals surface area (Å²) in [7, 11) is 0. The van der Waals surface area contributed by atoms with Gasteiger partial charge >= 0.3 is 0 Å². The Morgan fingerprint density at radius 3 is 2.69 bits per heavy atom. The van der Waals surface area contributed by atoms with Gasteiger partial charge < -0.3 is 10.2 Å². The number of nitriles is 1. The zero-order chi connectivity index (χ0) is 22.9. The summed E-state index contributed by atoms with van der Waals surface area (Å²) in [5.41, 5.74) is -0.597. The largest absolute Gasteiger partial charge is 0.390 e. The van der Waals surface area contributed by atoms with Gasteiger partial charge in [-0.05, 0) is 112 Å². The fourth-order valence-electron chi connectivity index (χ4n) is 9.22. The SMILES string of the molecule is C[C@H]1C[C@H]2[C@H](CC[C@@H]3[C@@H]2CC[C@]2(C)[C@@H](C(C)(O)Cn4cc(C#N)cn4)CC[C@@H]32)C[C@]1(C)O. The minimum atomic E-state index is -0.829. The van der Waals surface area contributed by atoms with Gasteiger partial charge in [0.05, 0.1) is 29.5 Å². The predicted octanol–water partition coefficient (Wildman–Crippen LogP) is 4.77. The van der Waals surface area contributed by atoms with E-state index in [1.165, 1.54) is 38.5 Å². The van der Waals surface area contributed by atoms with Gasteiger partial charge in [0.15, 0.2) is 0 Å². The van der Waals surface area contributed by atoms with Crippen molar-refractivity contribution in [2.45, 2.75) is 96.8 Å². The summed E-state index contributed by atoms with van der Waals surface area (Å²) in [6.07, 6.45) is 12.9. The van der Waals surface area contributed by atoms with Crippen molar-refractivity contribution >= 4 is 0 Å². The molecule has 0 aromatic carbocycles. The Balaban J connectivity index is 1.34. The zero-order valence-electron chi connectivity index (χ0n) is 20.3. The van der Waals surface area contributed by atoms with E-state index >= 15 is 0 Å². The fourth-order valence-corrected chi connectivity index (χ4v) is 9.22. The standard InChI is InChI=1S/C27H41N3O2/c1-17-11-22-19(12-26(17,3)31)5-6-21-20(22)9-10-25(2)23(21)7-8-24(25)27(4,32)16-30-15-18(13-28)14-29-30/h14-15,17,19-24,31-32H,5-12,16H2,1-4H3/t17-,19+,20-,21+,22-,23-,24-,25-,26-,27?/m0/s1. The first-order valence-electron chi connectivity index (χ1n) is 12.9. The van der Waals surface area contributed by atoms with Crippen molar-refractivity contribution in [2.75, 3.05) is 0 Å². The average molecular weight is 440 g/mol. The zero-order valence-corrected chi connectivity index (χ0v) is 20.3. The van der Waals surface area contributed by atoms with Gasteiger partial charge in [-0.2, -0.15) is 10.4 Å². The molecule has 0 spiro atoms. The van der Waals surface area contributed by atoms with Crippen molar-refractivity contribution in [1.82, 2.24) is 9.78 Å². The number of aromatic nitrogens is 2.